The Morgan fingerprint density at radius 3 is 2.27 bits per heavy atom. The molecule has 5 N–H and O–H groups in total. The molecule has 0 spiro atoms. The molecule has 232 valence electrons. The van der Waals surface area contributed by atoms with Gasteiger partial charge in [-0.1, -0.05) is 42.5 Å². The van der Waals surface area contributed by atoms with Crippen LogP contribution in [0.3, 0.4) is 0 Å². The fourth-order valence-corrected chi connectivity index (χ4v) is 6.31. The molecular formula is C31H37N7O5S. The number of amides is 1. The number of imidazole rings is 1. The molecule has 0 aliphatic rings. The van der Waals surface area contributed by atoms with Crippen molar-refractivity contribution in [1.29, 1.82) is 5.41 Å². The molecule has 0 radical (unpaired) electrons. The second-order valence-corrected chi connectivity index (χ2v) is 12.3. The van der Waals surface area contributed by atoms with Gasteiger partial charge in [-0.2, -0.15) is 0 Å². The van der Waals surface area contributed by atoms with Gasteiger partial charge in [0.1, 0.15) is 17.7 Å². The number of nitrogens with two attached hydrogens (primary N) is 2. The van der Waals surface area contributed by atoms with E-state index in [1.54, 1.807) is 84.3 Å². The number of ether oxygens (including phenoxy) is 1. The van der Waals surface area contributed by atoms with Crippen LogP contribution in [-0.2, 0) is 30.8 Å². The molecule has 0 fully saturated rings. The van der Waals surface area contributed by atoms with E-state index in [2.05, 4.69) is 0 Å². The minimum atomic E-state index is -3.92. The van der Waals surface area contributed by atoms with E-state index in [1.807, 2.05) is 19.0 Å². The van der Waals surface area contributed by atoms with Gasteiger partial charge in [-0.25, -0.2) is 13.4 Å². The highest BCUT2D eigenvalue weighted by Gasteiger charge is 2.29. The Balaban J connectivity index is 1.86. The molecule has 0 aliphatic heterocycles. The Morgan fingerprint density at radius 2 is 1.68 bits per heavy atom. The predicted molar refractivity (Wildman–Crippen MR) is 169 cm³/mol. The highest BCUT2D eigenvalue weighted by molar-refractivity contribution is 7.92. The zero-order valence-corrected chi connectivity index (χ0v) is 25.8. The summed E-state index contributed by atoms with van der Waals surface area (Å²) in [6, 6.07) is 19.1. The van der Waals surface area contributed by atoms with Crippen molar-refractivity contribution in [1.82, 2.24) is 14.5 Å². The summed E-state index contributed by atoms with van der Waals surface area (Å²) in [7, 11) is -0.200. The average Bonchev–Trinajstić information content (AvgIpc) is 3.33. The molecule has 12 nitrogen and oxygen atoms in total. The second kappa shape index (κ2) is 13.7. The van der Waals surface area contributed by atoms with E-state index in [1.165, 1.54) is 4.31 Å². The number of benzene rings is 3. The Labute approximate surface area is 256 Å². The van der Waals surface area contributed by atoms with Crippen molar-refractivity contribution in [2.24, 2.45) is 11.5 Å². The Hall–Kier alpha value is -4.75. The lowest BCUT2D eigenvalue weighted by molar-refractivity contribution is -0.145. The molecule has 0 saturated carbocycles. The van der Waals surface area contributed by atoms with Crippen LogP contribution in [0.5, 0.6) is 0 Å². The van der Waals surface area contributed by atoms with Gasteiger partial charge in [-0.3, -0.25) is 19.3 Å². The maximum atomic E-state index is 13.8. The van der Waals surface area contributed by atoms with Gasteiger partial charge in [0.05, 0.1) is 34.6 Å². The molecular weight excluding hydrogens is 582 g/mol. The number of fused-ring (bicyclic) bond motifs is 1. The number of rotatable bonds is 14. The number of primary amides is 1. The van der Waals surface area contributed by atoms with Gasteiger partial charge in [0.15, 0.2) is 0 Å². The van der Waals surface area contributed by atoms with E-state index in [9.17, 15) is 18.0 Å². The third-order valence-electron chi connectivity index (χ3n) is 7.05. The number of nitrogen functional groups attached to an aromatic ring is 1. The summed E-state index contributed by atoms with van der Waals surface area (Å²) < 4.78 is 35.7. The third-order valence-corrected chi connectivity index (χ3v) is 8.89. The van der Waals surface area contributed by atoms with Gasteiger partial charge in [-0.15, -0.1) is 0 Å². The SMILES string of the molecule is CCOC(=O)CC(C(N)=O)n1c(Cc2ccc(C(=N)N)cc2)nc2cc(N(CCN(C)C)S(=O)(=O)c3ccccc3)ccc21. The Morgan fingerprint density at radius 1 is 1.00 bits per heavy atom. The van der Waals surface area contributed by atoms with Gasteiger partial charge in [-0.05, 0) is 56.9 Å². The molecule has 4 rings (SSSR count). The van der Waals surface area contributed by atoms with Gasteiger partial charge in [0.25, 0.3) is 10.0 Å². The molecule has 4 aromatic rings. The second-order valence-electron chi connectivity index (χ2n) is 10.5. The van der Waals surface area contributed by atoms with Crippen molar-refractivity contribution >= 4 is 44.5 Å². The van der Waals surface area contributed by atoms with Crippen LogP contribution in [0.15, 0.2) is 77.7 Å². The first-order valence-corrected chi connectivity index (χ1v) is 15.5. The van der Waals surface area contributed by atoms with Crippen molar-refractivity contribution in [3.8, 4) is 0 Å². The number of nitrogens with one attached hydrogen (secondary N) is 1. The van der Waals surface area contributed by atoms with Crippen LogP contribution in [0.4, 0.5) is 5.69 Å². The first-order chi connectivity index (χ1) is 20.9. The number of likely N-dealkylation sites (N-methyl/N-ethyl adjacent to an activating group) is 1. The smallest absolute Gasteiger partial charge is 0.308 e. The van der Waals surface area contributed by atoms with E-state index < -0.39 is 27.9 Å². The number of carbonyl (C=O) groups is 2. The van der Waals surface area contributed by atoms with E-state index in [0.717, 1.165) is 5.56 Å². The molecule has 44 heavy (non-hydrogen) atoms. The quantitative estimate of drug-likeness (QED) is 0.110. The fraction of sp³-hybridized carbons (Fsp3) is 0.290. The van der Waals surface area contributed by atoms with Gasteiger partial charge >= 0.3 is 5.97 Å². The number of hydrogen-bond donors (Lipinski definition) is 3. The van der Waals surface area contributed by atoms with Crippen molar-refractivity contribution in [3.05, 3.63) is 89.7 Å². The summed E-state index contributed by atoms with van der Waals surface area (Å²) in [4.78, 5) is 32.1. The van der Waals surface area contributed by atoms with Crippen LogP contribution in [0.1, 0.15) is 36.3 Å². The minimum absolute atomic E-state index is 0.0659. The van der Waals surface area contributed by atoms with Gasteiger partial charge in [0.2, 0.25) is 5.91 Å². The molecule has 3 aromatic carbocycles. The number of aromatic nitrogens is 2. The van der Waals surface area contributed by atoms with Crippen molar-refractivity contribution in [3.63, 3.8) is 0 Å². The lowest BCUT2D eigenvalue weighted by atomic mass is 10.1. The number of nitrogens with zero attached hydrogens (tertiary/aromatic N) is 4. The van der Waals surface area contributed by atoms with Crippen molar-refractivity contribution in [2.75, 3.05) is 38.1 Å². The molecule has 0 saturated heterocycles. The fourth-order valence-electron chi connectivity index (χ4n) is 4.84. The minimum Gasteiger partial charge on any atom is -0.466 e. The summed E-state index contributed by atoms with van der Waals surface area (Å²) in [5.74, 6) is -0.959. The molecule has 1 atom stereocenters. The summed E-state index contributed by atoms with van der Waals surface area (Å²) in [6.45, 7) is 2.46. The first-order valence-electron chi connectivity index (χ1n) is 14.0. The molecule has 1 unspecified atom stereocenters. The number of anilines is 1. The number of sulfonamides is 1. The predicted octanol–water partition coefficient (Wildman–Crippen LogP) is 2.65. The highest BCUT2D eigenvalue weighted by Crippen LogP contribution is 2.31. The number of carbonyl (C=O) groups excluding carboxylic acids is 2. The van der Waals surface area contributed by atoms with Crippen molar-refractivity contribution in [2.45, 2.75) is 30.7 Å². The van der Waals surface area contributed by atoms with Crippen LogP contribution < -0.4 is 15.8 Å². The molecule has 13 heteroatoms. The van der Waals surface area contributed by atoms with Gasteiger partial charge < -0.3 is 25.7 Å². The van der Waals surface area contributed by atoms with Crippen LogP contribution in [0.25, 0.3) is 11.0 Å². The van der Waals surface area contributed by atoms with E-state index in [0.29, 0.717) is 34.7 Å². The maximum Gasteiger partial charge on any atom is 0.308 e. The topological polar surface area (TPSA) is 178 Å². The Kier molecular flexibility index (Phi) is 10.0. The number of amidine groups is 1. The lowest BCUT2D eigenvalue weighted by Crippen LogP contribution is -2.36. The number of esters is 1. The maximum absolute atomic E-state index is 13.8. The van der Waals surface area contributed by atoms with E-state index in [4.69, 9.17) is 26.6 Å². The summed E-state index contributed by atoms with van der Waals surface area (Å²) in [5.41, 5.74) is 14.1. The summed E-state index contributed by atoms with van der Waals surface area (Å²) >= 11 is 0. The lowest BCUT2D eigenvalue weighted by Gasteiger charge is -2.26. The summed E-state index contributed by atoms with van der Waals surface area (Å²) in [6.07, 6.45) is -0.0501. The monoisotopic (exact) mass is 619 g/mol. The Bertz CT molecular complexity index is 1750. The van der Waals surface area contributed by atoms with Crippen LogP contribution >= 0.6 is 0 Å². The molecule has 1 amide bonds. The molecule has 1 heterocycles. The van der Waals surface area contributed by atoms with Gasteiger partial charge in [0, 0.05) is 25.1 Å². The van der Waals surface area contributed by atoms with E-state index >= 15 is 0 Å². The first kappa shape index (κ1) is 32.2. The highest BCUT2D eigenvalue weighted by atomic mass is 32.2. The zero-order chi connectivity index (χ0) is 32.0. The van der Waals surface area contributed by atoms with Crippen LogP contribution in [0.2, 0.25) is 0 Å². The van der Waals surface area contributed by atoms with Crippen molar-refractivity contribution < 1.29 is 22.7 Å². The normalized spacial score (nSPS) is 12.3. The van der Waals surface area contributed by atoms with Crippen LogP contribution in [0, 0.1) is 5.41 Å². The standard InChI is InChI=1S/C31H37N7O5S/c1-4-43-29(39)20-27(31(34)40)38-26-15-14-23(37(17-16-36(2)3)44(41,42)24-8-6-5-7-9-24)19-25(26)35-28(38)18-21-10-12-22(13-11-21)30(32)33/h5-15,19,27H,4,16-18,20H2,1-3H3,(H3,32,33)(H2,34,40). The molecule has 0 bridgehead atoms. The van der Waals surface area contributed by atoms with E-state index in [-0.39, 0.29) is 36.7 Å². The molecule has 0 aliphatic carbocycles. The number of hydrogen-bond acceptors (Lipinski definition) is 8. The molecule has 1 aromatic heterocycles. The average molecular weight is 620 g/mol. The third kappa shape index (κ3) is 7.24. The largest absolute Gasteiger partial charge is 0.466 e. The summed E-state index contributed by atoms with van der Waals surface area (Å²) in [5, 5.41) is 7.66. The zero-order valence-electron chi connectivity index (χ0n) is 24.9. The van der Waals surface area contributed by atoms with Crippen LogP contribution in [-0.4, -0.2) is 74.4 Å².